The van der Waals surface area contributed by atoms with Crippen molar-refractivity contribution in [2.75, 3.05) is 7.11 Å². The summed E-state index contributed by atoms with van der Waals surface area (Å²) in [7, 11) is 1.33. The van der Waals surface area contributed by atoms with Gasteiger partial charge in [-0.1, -0.05) is 31.5 Å². The van der Waals surface area contributed by atoms with E-state index in [0.29, 0.717) is 11.1 Å². The maximum Gasteiger partial charge on any atom is 0.304 e. The second-order valence-corrected chi connectivity index (χ2v) is 5.23. The maximum absolute atomic E-state index is 14.3. The van der Waals surface area contributed by atoms with Gasteiger partial charge in [-0.15, -0.1) is 0 Å². The zero-order chi connectivity index (χ0) is 14.1. The zero-order valence-electron chi connectivity index (χ0n) is 10.8. The summed E-state index contributed by atoms with van der Waals surface area (Å²) in [4.78, 5) is 10.8. The Morgan fingerprint density at radius 1 is 1.56 bits per heavy atom. The highest BCUT2D eigenvalue weighted by atomic mass is 35.5. The normalized spacial score (nSPS) is 11.4. The van der Waals surface area contributed by atoms with Gasteiger partial charge in [0.25, 0.3) is 0 Å². The first-order valence-electron chi connectivity index (χ1n) is 5.45. The molecule has 1 aromatic rings. The Hall–Kier alpha value is -1.29. The molecule has 0 bridgehead atoms. The highest BCUT2D eigenvalue weighted by molar-refractivity contribution is 6.32. The van der Waals surface area contributed by atoms with Crippen LogP contribution in [0.4, 0.5) is 4.39 Å². The fourth-order valence-electron chi connectivity index (χ4n) is 1.89. The number of hydrogen-bond acceptors (Lipinski definition) is 2. The van der Waals surface area contributed by atoms with Gasteiger partial charge in [0.1, 0.15) is 0 Å². The minimum Gasteiger partial charge on any atom is -0.492 e. The lowest BCUT2D eigenvalue weighted by molar-refractivity contribution is -0.138. The third-order valence-corrected chi connectivity index (χ3v) is 3.34. The van der Waals surface area contributed by atoms with Crippen molar-refractivity contribution in [3.05, 3.63) is 28.0 Å². The summed E-state index contributed by atoms with van der Waals surface area (Å²) in [5, 5.41) is 9.08. The summed E-state index contributed by atoms with van der Waals surface area (Å²) in [5.41, 5.74) is 0.116. The van der Waals surface area contributed by atoms with Gasteiger partial charge < -0.3 is 9.84 Å². The van der Waals surface area contributed by atoms with Crippen LogP contribution in [0.3, 0.4) is 0 Å². The summed E-state index contributed by atoms with van der Waals surface area (Å²) in [6.07, 6.45) is -0.172. The van der Waals surface area contributed by atoms with Gasteiger partial charge in [-0.05, 0) is 18.1 Å². The molecule has 0 fully saturated rings. The number of hydrogen-bond donors (Lipinski definition) is 1. The second-order valence-electron chi connectivity index (χ2n) is 4.86. The second kappa shape index (κ2) is 5.14. The van der Waals surface area contributed by atoms with Crippen LogP contribution in [-0.4, -0.2) is 18.2 Å². The summed E-state index contributed by atoms with van der Waals surface area (Å²) < 4.78 is 19.2. The predicted molar refractivity (Wildman–Crippen MR) is 68.0 cm³/mol. The number of carbonyl (C=O) groups is 1. The number of rotatable bonds is 4. The van der Waals surface area contributed by atoms with Gasteiger partial charge in [-0.2, -0.15) is 0 Å². The van der Waals surface area contributed by atoms with Crippen molar-refractivity contribution in [3.8, 4) is 5.75 Å². The quantitative estimate of drug-likeness (QED) is 0.913. The number of aryl methyl sites for hydroxylation is 1. The summed E-state index contributed by atoms with van der Waals surface area (Å²) >= 11 is 5.95. The van der Waals surface area contributed by atoms with Crippen molar-refractivity contribution >= 4 is 17.6 Å². The Bertz CT molecular complexity index is 484. The summed E-state index contributed by atoms with van der Waals surface area (Å²) in [5.74, 6) is -1.62. The van der Waals surface area contributed by atoms with Gasteiger partial charge in [0.2, 0.25) is 0 Å². The van der Waals surface area contributed by atoms with Crippen LogP contribution in [0.15, 0.2) is 6.07 Å². The molecule has 0 saturated heterocycles. The van der Waals surface area contributed by atoms with E-state index in [2.05, 4.69) is 0 Å². The Morgan fingerprint density at radius 3 is 2.56 bits per heavy atom. The van der Waals surface area contributed by atoms with E-state index in [1.165, 1.54) is 7.11 Å². The first-order chi connectivity index (χ1) is 8.20. The van der Waals surface area contributed by atoms with Crippen LogP contribution in [0.2, 0.25) is 5.02 Å². The van der Waals surface area contributed by atoms with E-state index in [1.54, 1.807) is 26.8 Å². The van der Waals surface area contributed by atoms with Gasteiger partial charge >= 0.3 is 5.97 Å². The van der Waals surface area contributed by atoms with Gasteiger partial charge in [-0.3, -0.25) is 4.79 Å². The molecule has 3 nitrogen and oxygen atoms in total. The fourth-order valence-corrected chi connectivity index (χ4v) is 2.10. The molecular formula is C13H16ClFO3. The Balaban J connectivity index is 3.42. The van der Waals surface area contributed by atoms with Gasteiger partial charge in [0.15, 0.2) is 11.6 Å². The molecule has 0 radical (unpaired) electrons. The number of halogens is 2. The molecule has 0 aromatic heterocycles. The average Bonchev–Trinajstić information content (AvgIpc) is 2.22. The lowest BCUT2D eigenvalue weighted by atomic mass is 9.80. The van der Waals surface area contributed by atoms with Crippen LogP contribution in [0.1, 0.15) is 31.4 Å². The Morgan fingerprint density at radius 2 is 2.11 bits per heavy atom. The van der Waals surface area contributed by atoms with Crippen molar-refractivity contribution < 1.29 is 19.0 Å². The molecule has 0 aliphatic carbocycles. The SMILES string of the molecule is COc1c(F)c(C(C)(C)CC(=O)O)cc(C)c1Cl. The van der Waals surface area contributed by atoms with Gasteiger partial charge in [0, 0.05) is 5.41 Å². The number of benzene rings is 1. The molecule has 1 N–H and O–H groups in total. The molecule has 0 unspecified atom stereocenters. The van der Waals surface area contributed by atoms with Crippen LogP contribution >= 0.6 is 11.6 Å². The molecule has 100 valence electrons. The van der Waals surface area contributed by atoms with E-state index in [-0.39, 0.29) is 17.2 Å². The molecule has 5 heteroatoms. The van der Waals surface area contributed by atoms with E-state index in [9.17, 15) is 9.18 Å². The molecule has 18 heavy (non-hydrogen) atoms. The van der Waals surface area contributed by atoms with Crippen molar-refractivity contribution in [2.45, 2.75) is 32.6 Å². The number of methoxy groups -OCH3 is 1. The molecule has 0 atom stereocenters. The zero-order valence-corrected chi connectivity index (χ0v) is 11.6. The van der Waals surface area contributed by atoms with Crippen LogP contribution in [-0.2, 0) is 10.2 Å². The number of aliphatic carboxylic acids is 1. The monoisotopic (exact) mass is 274 g/mol. The third kappa shape index (κ3) is 2.75. The highest BCUT2D eigenvalue weighted by Crippen LogP contribution is 2.39. The predicted octanol–water partition coefficient (Wildman–Crippen LogP) is 3.55. The summed E-state index contributed by atoms with van der Waals surface area (Å²) in [6, 6.07) is 1.57. The minimum absolute atomic E-state index is 0.0369. The van der Waals surface area contributed by atoms with Gasteiger partial charge in [-0.25, -0.2) is 4.39 Å². The Kier molecular flexibility index (Phi) is 4.22. The van der Waals surface area contributed by atoms with Crippen LogP contribution in [0, 0.1) is 12.7 Å². The van der Waals surface area contributed by atoms with Crippen molar-refractivity contribution in [1.82, 2.24) is 0 Å². The number of carboxylic acids is 1. The van der Waals surface area contributed by atoms with E-state index in [4.69, 9.17) is 21.4 Å². The van der Waals surface area contributed by atoms with E-state index in [1.807, 2.05) is 0 Å². The van der Waals surface area contributed by atoms with E-state index >= 15 is 0 Å². The van der Waals surface area contributed by atoms with Crippen molar-refractivity contribution in [2.24, 2.45) is 0 Å². The first kappa shape index (κ1) is 14.8. The first-order valence-corrected chi connectivity index (χ1v) is 5.83. The molecule has 1 rings (SSSR count). The molecule has 0 aliphatic rings. The van der Waals surface area contributed by atoms with Crippen molar-refractivity contribution in [3.63, 3.8) is 0 Å². The molecule has 0 heterocycles. The minimum atomic E-state index is -0.981. The summed E-state index contributed by atoms with van der Waals surface area (Å²) in [6.45, 7) is 5.07. The van der Waals surface area contributed by atoms with Crippen LogP contribution < -0.4 is 4.74 Å². The molecular weight excluding hydrogens is 259 g/mol. The largest absolute Gasteiger partial charge is 0.492 e. The highest BCUT2D eigenvalue weighted by Gasteiger charge is 2.30. The van der Waals surface area contributed by atoms with Crippen molar-refractivity contribution in [1.29, 1.82) is 0 Å². The fraction of sp³-hybridized carbons (Fsp3) is 0.462. The average molecular weight is 275 g/mol. The maximum atomic E-state index is 14.3. The molecule has 0 spiro atoms. The number of ether oxygens (including phenoxy) is 1. The van der Waals surface area contributed by atoms with Crippen LogP contribution in [0.5, 0.6) is 5.75 Å². The van der Waals surface area contributed by atoms with E-state index < -0.39 is 17.2 Å². The molecule has 0 saturated carbocycles. The molecule has 0 aliphatic heterocycles. The topological polar surface area (TPSA) is 46.5 Å². The Labute approximate surface area is 111 Å². The lowest BCUT2D eigenvalue weighted by Crippen LogP contribution is -2.23. The third-order valence-electron chi connectivity index (χ3n) is 2.87. The standard InChI is InChI=1S/C13H16ClFO3/c1-7-5-8(13(2,3)6-9(16)17)11(15)12(18-4)10(7)14/h5H,6H2,1-4H3,(H,16,17). The van der Waals surface area contributed by atoms with Gasteiger partial charge in [0.05, 0.1) is 18.6 Å². The number of carboxylic acid groups (broad SMARTS) is 1. The molecule has 0 amide bonds. The molecule has 1 aromatic carbocycles. The lowest BCUT2D eigenvalue weighted by Gasteiger charge is -2.25. The van der Waals surface area contributed by atoms with Crippen LogP contribution in [0.25, 0.3) is 0 Å². The van der Waals surface area contributed by atoms with E-state index in [0.717, 1.165) is 0 Å². The smallest absolute Gasteiger partial charge is 0.304 e.